The second-order valence-electron chi connectivity index (χ2n) is 5.85. The van der Waals surface area contributed by atoms with Crippen molar-refractivity contribution in [2.45, 2.75) is 65.0 Å². The highest BCUT2D eigenvalue weighted by Crippen LogP contribution is 2.31. The van der Waals surface area contributed by atoms with Crippen LogP contribution in [0.5, 0.6) is 0 Å². The van der Waals surface area contributed by atoms with E-state index in [1.165, 1.54) is 0 Å². The summed E-state index contributed by atoms with van der Waals surface area (Å²) < 4.78 is 0. The largest absolute Gasteiger partial charge is 0.353 e. The van der Waals surface area contributed by atoms with Crippen molar-refractivity contribution in [2.75, 3.05) is 0 Å². The summed E-state index contributed by atoms with van der Waals surface area (Å²) in [6.45, 7) is 8.30. The van der Waals surface area contributed by atoms with Crippen molar-refractivity contribution in [1.82, 2.24) is 5.32 Å². The van der Waals surface area contributed by atoms with Crippen LogP contribution in [0.25, 0.3) is 0 Å². The van der Waals surface area contributed by atoms with Gasteiger partial charge in [-0.1, -0.05) is 26.7 Å². The van der Waals surface area contributed by atoms with Crippen LogP contribution in [0.3, 0.4) is 0 Å². The van der Waals surface area contributed by atoms with E-state index >= 15 is 0 Å². The van der Waals surface area contributed by atoms with E-state index in [-0.39, 0.29) is 23.4 Å². The maximum absolute atomic E-state index is 12.1. The molecule has 0 aromatic rings. The molecule has 3 N–H and O–H groups in total. The average molecular weight is 226 g/mol. The molecule has 3 unspecified atom stereocenters. The smallest absolute Gasteiger partial charge is 0.225 e. The third-order valence-electron chi connectivity index (χ3n) is 3.94. The molecule has 1 saturated carbocycles. The first kappa shape index (κ1) is 13.5. The molecule has 3 nitrogen and oxygen atoms in total. The van der Waals surface area contributed by atoms with Crippen LogP contribution in [-0.4, -0.2) is 17.5 Å². The lowest BCUT2D eigenvalue weighted by Gasteiger charge is -2.38. The monoisotopic (exact) mass is 226 g/mol. The summed E-state index contributed by atoms with van der Waals surface area (Å²) in [6.07, 6.45) is 4.17. The molecule has 0 heterocycles. The van der Waals surface area contributed by atoms with Crippen LogP contribution in [0, 0.1) is 11.8 Å². The van der Waals surface area contributed by atoms with E-state index in [4.69, 9.17) is 5.73 Å². The van der Waals surface area contributed by atoms with Gasteiger partial charge in [-0.2, -0.15) is 0 Å². The van der Waals surface area contributed by atoms with E-state index in [9.17, 15) is 4.79 Å². The Hall–Kier alpha value is -0.570. The fourth-order valence-corrected chi connectivity index (χ4v) is 2.28. The molecule has 3 atom stereocenters. The van der Waals surface area contributed by atoms with Crippen LogP contribution in [0.1, 0.15) is 53.4 Å². The maximum Gasteiger partial charge on any atom is 0.225 e. The van der Waals surface area contributed by atoms with Gasteiger partial charge in [0.25, 0.3) is 0 Å². The zero-order valence-electron chi connectivity index (χ0n) is 11.0. The predicted octanol–water partition coefficient (Wildman–Crippen LogP) is 2.05. The summed E-state index contributed by atoms with van der Waals surface area (Å²) in [5.74, 6) is 0.602. The van der Waals surface area contributed by atoms with Gasteiger partial charge in [-0.3, -0.25) is 4.79 Å². The second-order valence-corrected chi connectivity index (χ2v) is 5.85. The van der Waals surface area contributed by atoms with E-state index < -0.39 is 0 Å². The Morgan fingerprint density at radius 2 is 2.00 bits per heavy atom. The Bertz CT molecular complexity index is 248. The summed E-state index contributed by atoms with van der Waals surface area (Å²) >= 11 is 0. The van der Waals surface area contributed by atoms with Crippen LogP contribution >= 0.6 is 0 Å². The molecule has 0 aromatic heterocycles. The number of nitrogens with one attached hydrogen (secondary N) is 1. The van der Waals surface area contributed by atoms with Crippen LogP contribution in [0.2, 0.25) is 0 Å². The Kier molecular flexibility index (Phi) is 4.36. The van der Waals surface area contributed by atoms with Crippen molar-refractivity contribution in [3.8, 4) is 0 Å². The first-order valence-corrected chi connectivity index (χ1v) is 6.44. The van der Waals surface area contributed by atoms with Crippen molar-refractivity contribution >= 4 is 5.91 Å². The van der Waals surface area contributed by atoms with Gasteiger partial charge in [0, 0.05) is 11.6 Å². The number of hydrogen-bond acceptors (Lipinski definition) is 2. The molecular weight excluding hydrogens is 200 g/mol. The van der Waals surface area contributed by atoms with Crippen molar-refractivity contribution in [3.05, 3.63) is 0 Å². The number of carbonyl (C=O) groups is 1. The zero-order chi connectivity index (χ0) is 12.3. The number of nitrogens with two attached hydrogens (primary N) is 1. The highest BCUT2D eigenvalue weighted by atomic mass is 16.2. The molecule has 1 aliphatic rings. The van der Waals surface area contributed by atoms with Crippen molar-refractivity contribution in [2.24, 2.45) is 17.6 Å². The Morgan fingerprint density at radius 3 is 2.50 bits per heavy atom. The molecule has 1 aliphatic carbocycles. The predicted molar refractivity (Wildman–Crippen MR) is 67.0 cm³/mol. The van der Waals surface area contributed by atoms with E-state index in [0.29, 0.717) is 5.92 Å². The molecule has 0 bridgehead atoms. The molecule has 94 valence electrons. The van der Waals surface area contributed by atoms with Crippen LogP contribution in [0.15, 0.2) is 0 Å². The van der Waals surface area contributed by atoms with Crippen molar-refractivity contribution in [3.63, 3.8) is 0 Å². The maximum atomic E-state index is 12.1. The summed E-state index contributed by atoms with van der Waals surface area (Å²) in [6, 6.07) is 0.227. The number of amides is 1. The minimum Gasteiger partial charge on any atom is -0.353 e. The number of rotatable bonds is 3. The summed E-state index contributed by atoms with van der Waals surface area (Å²) in [5, 5.41) is 3.09. The average Bonchev–Trinajstić information content (AvgIpc) is 2.16. The molecule has 3 heteroatoms. The molecule has 1 fully saturated rings. The first-order valence-electron chi connectivity index (χ1n) is 6.44. The zero-order valence-corrected chi connectivity index (χ0v) is 11.0. The van der Waals surface area contributed by atoms with Crippen molar-refractivity contribution in [1.29, 1.82) is 0 Å². The molecule has 1 rings (SSSR count). The molecule has 0 saturated heterocycles. The van der Waals surface area contributed by atoms with Gasteiger partial charge in [-0.25, -0.2) is 0 Å². The Labute approximate surface area is 99.2 Å². The van der Waals surface area contributed by atoms with Gasteiger partial charge >= 0.3 is 0 Å². The standard InChI is InChI=1S/C13H26N2O/c1-9(2)10(3)15-12(16)11-7-5-6-8-13(11,4)14/h9-11H,5-8,14H2,1-4H3,(H,15,16). The van der Waals surface area contributed by atoms with Gasteiger partial charge in [0.2, 0.25) is 5.91 Å². The Morgan fingerprint density at radius 1 is 1.38 bits per heavy atom. The lowest BCUT2D eigenvalue weighted by atomic mass is 9.74. The van der Waals surface area contributed by atoms with E-state index in [1.807, 2.05) is 6.92 Å². The summed E-state index contributed by atoms with van der Waals surface area (Å²) in [7, 11) is 0. The second kappa shape index (κ2) is 5.17. The van der Waals surface area contributed by atoms with E-state index in [1.54, 1.807) is 0 Å². The van der Waals surface area contributed by atoms with E-state index in [2.05, 4.69) is 26.1 Å². The van der Waals surface area contributed by atoms with Gasteiger partial charge in [-0.15, -0.1) is 0 Å². The third-order valence-corrected chi connectivity index (χ3v) is 3.94. The molecular formula is C13H26N2O. The molecule has 16 heavy (non-hydrogen) atoms. The van der Waals surface area contributed by atoms with Crippen LogP contribution in [-0.2, 0) is 4.79 Å². The van der Waals surface area contributed by atoms with Gasteiger partial charge < -0.3 is 11.1 Å². The molecule has 0 aliphatic heterocycles. The highest BCUT2D eigenvalue weighted by molar-refractivity contribution is 5.80. The van der Waals surface area contributed by atoms with Gasteiger partial charge in [0.1, 0.15) is 0 Å². The lowest BCUT2D eigenvalue weighted by molar-refractivity contribution is -0.129. The minimum atomic E-state index is -0.320. The Balaban J connectivity index is 2.58. The molecule has 0 aromatic carbocycles. The molecule has 0 spiro atoms. The SMILES string of the molecule is CC(C)C(C)NC(=O)C1CCCCC1(C)N. The summed E-state index contributed by atoms with van der Waals surface area (Å²) in [4.78, 5) is 12.1. The fraction of sp³-hybridized carbons (Fsp3) is 0.923. The lowest BCUT2D eigenvalue weighted by Crippen LogP contribution is -2.54. The first-order chi connectivity index (χ1) is 7.34. The number of carbonyl (C=O) groups excluding carboxylic acids is 1. The fourth-order valence-electron chi connectivity index (χ4n) is 2.28. The van der Waals surface area contributed by atoms with Crippen LogP contribution in [0.4, 0.5) is 0 Å². The minimum absolute atomic E-state index is 0.0116. The third kappa shape index (κ3) is 3.21. The van der Waals surface area contributed by atoms with Gasteiger partial charge in [0.05, 0.1) is 5.92 Å². The van der Waals surface area contributed by atoms with Gasteiger partial charge in [-0.05, 0) is 32.6 Å². The highest BCUT2D eigenvalue weighted by Gasteiger charge is 2.38. The van der Waals surface area contributed by atoms with Crippen molar-refractivity contribution < 1.29 is 4.79 Å². The molecule has 0 radical (unpaired) electrons. The topological polar surface area (TPSA) is 55.1 Å². The van der Waals surface area contributed by atoms with Gasteiger partial charge in [0.15, 0.2) is 0 Å². The van der Waals surface area contributed by atoms with E-state index in [0.717, 1.165) is 25.7 Å². The number of hydrogen-bond donors (Lipinski definition) is 2. The quantitative estimate of drug-likeness (QED) is 0.774. The normalized spacial score (nSPS) is 32.5. The molecule has 1 amide bonds. The summed E-state index contributed by atoms with van der Waals surface area (Å²) in [5.41, 5.74) is 5.89. The van der Waals surface area contributed by atoms with Crippen LogP contribution < -0.4 is 11.1 Å².